The molecule has 1 nitrogen and oxygen atoms in total. The van der Waals surface area contributed by atoms with Crippen LogP contribution in [0.5, 0.6) is 0 Å². The molecule has 0 radical (unpaired) electrons. The van der Waals surface area contributed by atoms with Gasteiger partial charge in [-0.15, -0.1) is 6.42 Å². The summed E-state index contributed by atoms with van der Waals surface area (Å²) in [6, 6.07) is 17.3. The van der Waals surface area contributed by atoms with Crippen LogP contribution in [0.25, 0.3) is 0 Å². The molecule has 1 atom stereocenters. The van der Waals surface area contributed by atoms with Gasteiger partial charge in [0.25, 0.3) is 0 Å². The number of hydrogen-bond donors (Lipinski definition) is 1. The van der Waals surface area contributed by atoms with Crippen LogP contribution in [0.15, 0.2) is 48.5 Å². The second-order valence-electron chi connectivity index (χ2n) is 5.60. The van der Waals surface area contributed by atoms with Gasteiger partial charge >= 0.3 is 0 Å². The van der Waals surface area contributed by atoms with Crippen molar-refractivity contribution in [3.8, 4) is 12.3 Å². The van der Waals surface area contributed by atoms with Gasteiger partial charge in [-0.2, -0.15) is 0 Å². The molecule has 1 aliphatic carbocycles. The molecule has 20 heavy (non-hydrogen) atoms. The molecule has 1 fully saturated rings. The van der Waals surface area contributed by atoms with E-state index in [-0.39, 0.29) is 0 Å². The van der Waals surface area contributed by atoms with Gasteiger partial charge in [0, 0.05) is 11.3 Å². The summed E-state index contributed by atoms with van der Waals surface area (Å²) < 4.78 is 0. The third-order valence-electron chi connectivity index (χ3n) is 3.88. The van der Waals surface area contributed by atoms with E-state index in [9.17, 15) is 0 Å². The molecule has 1 unspecified atom stereocenters. The molecule has 0 aliphatic heterocycles. The van der Waals surface area contributed by atoms with Crippen molar-refractivity contribution in [1.82, 2.24) is 0 Å². The van der Waals surface area contributed by atoms with E-state index in [4.69, 9.17) is 6.42 Å². The molecule has 0 saturated heterocycles. The summed E-state index contributed by atoms with van der Waals surface area (Å²) in [6.45, 7) is 2.12. The molecule has 3 rings (SSSR count). The molecule has 1 heteroatoms. The van der Waals surface area contributed by atoms with Crippen LogP contribution in [0.3, 0.4) is 0 Å². The molecule has 0 heterocycles. The van der Waals surface area contributed by atoms with Gasteiger partial charge in [-0.1, -0.05) is 41.8 Å². The molecule has 1 aliphatic rings. The van der Waals surface area contributed by atoms with E-state index in [0.29, 0.717) is 6.04 Å². The summed E-state index contributed by atoms with van der Waals surface area (Å²) in [5, 5.41) is 3.66. The number of benzene rings is 2. The molecule has 1 N–H and O–H groups in total. The van der Waals surface area contributed by atoms with E-state index in [0.717, 1.165) is 17.2 Å². The Kier molecular flexibility index (Phi) is 3.48. The normalized spacial score (nSPS) is 15.4. The average Bonchev–Trinajstić information content (AvgIpc) is 3.31. The third kappa shape index (κ3) is 2.86. The van der Waals surface area contributed by atoms with E-state index < -0.39 is 0 Å². The topological polar surface area (TPSA) is 12.0 Å². The first-order valence-corrected chi connectivity index (χ1v) is 7.16. The number of rotatable bonds is 4. The molecule has 2 aromatic rings. The van der Waals surface area contributed by atoms with E-state index >= 15 is 0 Å². The maximum atomic E-state index is 5.47. The number of terminal acetylenes is 1. The van der Waals surface area contributed by atoms with Crippen molar-refractivity contribution < 1.29 is 0 Å². The van der Waals surface area contributed by atoms with Gasteiger partial charge in [-0.3, -0.25) is 0 Å². The number of aryl methyl sites for hydroxylation is 1. The summed E-state index contributed by atoms with van der Waals surface area (Å²) in [4.78, 5) is 0. The zero-order valence-corrected chi connectivity index (χ0v) is 11.8. The van der Waals surface area contributed by atoms with E-state index in [2.05, 4.69) is 48.5 Å². The summed E-state index contributed by atoms with van der Waals surface area (Å²) >= 11 is 0. The lowest BCUT2D eigenvalue weighted by molar-refractivity contribution is 0.679. The minimum atomic E-state index is 0.392. The number of nitrogens with one attached hydrogen (secondary N) is 1. The lowest BCUT2D eigenvalue weighted by atomic mass is 10.0. The van der Waals surface area contributed by atoms with E-state index in [1.165, 1.54) is 24.0 Å². The second kappa shape index (κ2) is 5.43. The average molecular weight is 261 g/mol. The fourth-order valence-electron chi connectivity index (χ4n) is 2.56. The molecule has 2 aromatic carbocycles. The van der Waals surface area contributed by atoms with Gasteiger partial charge in [0.1, 0.15) is 0 Å². The minimum Gasteiger partial charge on any atom is -0.378 e. The standard InChI is InChI=1S/C19H19N/c1-3-15-5-4-6-18(13-15)20-19(17-11-12-17)16-9-7-14(2)8-10-16/h1,4-10,13,17,19-20H,11-12H2,2H3. The Balaban J connectivity index is 1.84. The largest absolute Gasteiger partial charge is 0.378 e. The van der Waals surface area contributed by atoms with Crippen LogP contribution in [-0.4, -0.2) is 0 Å². The Labute approximate surface area is 121 Å². The van der Waals surface area contributed by atoms with Crippen molar-refractivity contribution in [3.63, 3.8) is 0 Å². The minimum absolute atomic E-state index is 0.392. The molecule has 0 amide bonds. The van der Waals surface area contributed by atoms with Gasteiger partial charge in [0.2, 0.25) is 0 Å². The van der Waals surface area contributed by atoms with Gasteiger partial charge in [0.15, 0.2) is 0 Å². The predicted octanol–water partition coefficient (Wildman–Crippen LogP) is 4.54. The quantitative estimate of drug-likeness (QED) is 0.797. The monoisotopic (exact) mass is 261 g/mol. The molecule has 0 aromatic heterocycles. The van der Waals surface area contributed by atoms with Crippen LogP contribution in [0.2, 0.25) is 0 Å². The van der Waals surface area contributed by atoms with Gasteiger partial charge in [-0.25, -0.2) is 0 Å². The van der Waals surface area contributed by atoms with Crippen molar-refractivity contribution >= 4 is 5.69 Å². The first-order chi connectivity index (χ1) is 9.76. The summed E-state index contributed by atoms with van der Waals surface area (Å²) in [7, 11) is 0. The van der Waals surface area contributed by atoms with Gasteiger partial charge < -0.3 is 5.32 Å². The van der Waals surface area contributed by atoms with Gasteiger partial charge in [-0.05, 0) is 49.4 Å². The molecule has 0 spiro atoms. The van der Waals surface area contributed by atoms with Crippen LogP contribution in [0, 0.1) is 25.2 Å². The van der Waals surface area contributed by atoms with Crippen molar-refractivity contribution in [2.24, 2.45) is 5.92 Å². The molecular formula is C19H19N. The Bertz CT molecular complexity index is 630. The summed E-state index contributed by atoms with van der Waals surface area (Å²) in [5.74, 6) is 3.44. The predicted molar refractivity (Wildman–Crippen MR) is 84.6 cm³/mol. The van der Waals surface area contributed by atoms with E-state index in [1.807, 2.05) is 18.2 Å². The zero-order chi connectivity index (χ0) is 13.9. The second-order valence-corrected chi connectivity index (χ2v) is 5.60. The number of anilines is 1. The summed E-state index contributed by atoms with van der Waals surface area (Å²) in [5.41, 5.74) is 4.70. The highest BCUT2D eigenvalue weighted by Crippen LogP contribution is 2.42. The van der Waals surface area contributed by atoms with Crippen LogP contribution < -0.4 is 5.32 Å². The van der Waals surface area contributed by atoms with Crippen LogP contribution in [-0.2, 0) is 0 Å². The first-order valence-electron chi connectivity index (χ1n) is 7.16. The van der Waals surface area contributed by atoms with Crippen LogP contribution in [0.4, 0.5) is 5.69 Å². The molecule has 100 valence electrons. The highest BCUT2D eigenvalue weighted by Gasteiger charge is 2.32. The lowest BCUT2D eigenvalue weighted by Crippen LogP contribution is -2.13. The van der Waals surface area contributed by atoms with E-state index in [1.54, 1.807) is 0 Å². The van der Waals surface area contributed by atoms with Crippen molar-refractivity contribution in [2.45, 2.75) is 25.8 Å². The van der Waals surface area contributed by atoms with Crippen molar-refractivity contribution in [2.75, 3.05) is 5.32 Å². The Morgan fingerprint density at radius 2 is 1.90 bits per heavy atom. The Hall–Kier alpha value is -2.20. The third-order valence-corrected chi connectivity index (χ3v) is 3.88. The smallest absolute Gasteiger partial charge is 0.0542 e. The Morgan fingerprint density at radius 1 is 1.15 bits per heavy atom. The first kappa shape index (κ1) is 12.8. The maximum absolute atomic E-state index is 5.47. The number of hydrogen-bond acceptors (Lipinski definition) is 1. The lowest BCUT2D eigenvalue weighted by Gasteiger charge is -2.20. The highest BCUT2D eigenvalue weighted by atomic mass is 14.9. The molecule has 0 bridgehead atoms. The van der Waals surface area contributed by atoms with Crippen LogP contribution in [0.1, 0.15) is 35.6 Å². The van der Waals surface area contributed by atoms with Gasteiger partial charge in [0.05, 0.1) is 6.04 Å². The fourth-order valence-corrected chi connectivity index (χ4v) is 2.56. The fraction of sp³-hybridized carbons (Fsp3) is 0.263. The zero-order valence-electron chi connectivity index (χ0n) is 11.8. The molecular weight excluding hydrogens is 242 g/mol. The van der Waals surface area contributed by atoms with Crippen LogP contribution >= 0.6 is 0 Å². The van der Waals surface area contributed by atoms with Crippen molar-refractivity contribution in [1.29, 1.82) is 0 Å². The van der Waals surface area contributed by atoms with Crippen molar-refractivity contribution in [3.05, 3.63) is 65.2 Å². The molecule has 1 saturated carbocycles. The SMILES string of the molecule is C#Cc1cccc(NC(c2ccc(C)cc2)C2CC2)c1. The summed E-state index contributed by atoms with van der Waals surface area (Å²) in [6.07, 6.45) is 8.08. The maximum Gasteiger partial charge on any atom is 0.0542 e. The Morgan fingerprint density at radius 3 is 2.55 bits per heavy atom. The highest BCUT2D eigenvalue weighted by molar-refractivity contribution is 5.51.